The van der Waals surface area contributed by atoms with Gasteiger partial charge in [-0.15, -0.1) is 0 Å². The molecule has 1 aromatic rings. The highest BCUT2D eigenvalue weighted by molar-refractivity contribution is 5.96. The highest BCUT2D eigenvalue weighted by Crippen LogP contribution is 2.21. The van der Waals surface area contributed by atoms with Crippen LogP contribution in [0.3, 0.4) is 0 Å². The molecule has 0 N–H and O–H groups in total. The molecule has 0 aromatic heterocycles. The van der Waals surface area contributed by atoms with Gasteiger partial charge in [0.1, 0.15) is 16.9 Å². The van der Waals surface area contributed by atoms with Gasteiger partial charge in [0.05, 0.1) is 6.61 Å². The first-order valence-electron chi connectivity index (χ1n) is 7.12. The van der Waals surface area contributed by atoms with Gasteiger partial charge in [0, 0.05) is 12.2 Å². The number of hydrogen-bond acceptors (Lipinski definition) is 6. The second kappa shape index (κ2) is 8.12. The molecule has 124 valence electrons. The second-order valence-electron chi connectivity index (χ2n) is 5.50. The predicted octanol–water partition coefficient (Wildman–Crippen LogP) is 2.67. The Morgan fingerprint density at radius 2 is 1.65 bits per heavy atom. The number of esters is 3. The van der Waals surface area contributed by atoms with Crippen molar-refractivity contribution >= 4 is 17.9 Å². The number of carbonyl (C=O) groups excluding carboxylic acids is 3. The van der Waals surface area contributed by atoms with E-state index in [0.29, 0.717) is 0 Å². The molecule has 0 amide bonds. The van der Waals surface area contributed by atoms with Crippen LogP contribution in [0.4, 0.5) is 0 Å². The molecule has 0 saturated carbocycles. The van der Waals surface area contributed by atoms with Crippen LogP contribution < -0.4 is 4.74 Å². The van der Waals surface area contributed by atoms with Crippen molar-refractivity contribution in [1.29, 1.82) is 0 Å². The van der Waals surface area contributed by atoms with Gasteiger partial charge in [0.25, 0.3) is 0 Å². The van der Waals surface area contributed by atoms with E-state index in [1.165, 1.54) is 12.1 Å². The summed E-state index contributed by atoms with van der Waals surface area (Å²) >= 11 is 0. The lowest BCUT2D eigenvalue weighted by Crippen LogP contribution is -2.24. The van der Waals surface area contributed by atoms with Crippen molar-refractivity contribution in [3.8, 4) is 5.75 Å². The van der Waals surface area contributed by atoms with Gasteiger partial charge in [-0.2, -0.15) is 0 Å². The summed E-state index contributed by atoms with van der Waals surface area (Å²) in [5.74, 6) is -1.99. The van der Waals surface area contributed by atoms with E-state index in [4.69, 9.17) is 9.47 Å². The largest absolute Gasteiger partial charge is 0.463 e. The van der Waals surface area contributed by atoms with E-state index in [1.54, 1.807) is 39.8 Å². The molecule has 6 heteroatoms. The summed E-state index contributed by atoms with van der Waals surface area (Å²) in [5, 5.41) is 0. The Labute approximate surface area is 135 Å². The Balaban J connectivity index is 2.83. The number of benzene rings is 1. The topological polar surface area (TPSA) is 78.9 Å². The lowest BCUT2D eigenvalue weighted by Gasteiger charge is -2.20. The zero-order chi connectivity index (χ0) is 17.5. The van der Waals surface area contributed by atoms with E-state index in [-0.39, 0.29) is 17.9 Å². The molecular formula is C17H20O6. The summed E-state index contributed by atoms with van der Waals surface area (Å²) in [7, 11) is 0. The second-order valence-corrected chi connectivity index (χ2v) is 5.50. The Morgan fingerprint density at radius 3 is 2.26 bits per heavy atom. The molecule has 0 saturated heterocycles. The lowest BCUT2D eigenvalue weighted by molar-refractivity contribution is -0.138. The van der Waals surface area contributed by atoms with Crippen LogP contribution in [-0.2, 0) is 19.1 Å². The van der Waals surface area contributed by atoms with E-state index < -0.39 is 23.5 Å². The van der Waals surface area contributed by atoms with E-state index in [9.17, 15) is 14.4 Å². The molecule has 23 heavy (non-hydrogen) atoms. The van der Waals surface area contributed by atoms with Crippen molar-refractivity contribution in [3.63, 3.8) is 0 Å². The van der Waals surface area contributed by atoms with Crippen LogP contribution in [0.1, 0.15) is 38.1 Å². The van der Waals surface area contributed by atoms with Crippen molar-refractivity contribution in [2.24, 2.45) is 0 Å². The van der Waals surface area contributed by atoms with Crippen LogP contribution in [0, 0.1) is 0 Å². The molecular weight excluding hydrogens is 300 g/mol. The Kier molecular flexibility index (Phi) is 6.50. The van der Waals surface area contributed by atoms with E-state index in [1.807, 2.05) is 0 Å². The van der Waals surface area contributed by atoms with Gasteiger partial charge in [-0.05, 0) is 39.8 Å². The lowest BCUT2D eigenvalue weighted by atomic mass is 10.1. The molecule has 1 aromatic carbocycles. The first kappa shape index (κ1) is 18.4. The molecule has 1 rings (SSSR count). The SMILES string of the molecule is CCOC(=O)/C=C/C(=O)Oc1ccccc1C(=O)OC(C)(C)C. The maximum atomic E-state index is 12.1. The van der Waals surface area contributed by atoms with Gasteiger partial charge < -0.3 is 14.2 Å². The van der Waals surface area contributed by atoms with Gasteiger partial charge in [0.2, 0.25) is 0 Å². The van der Waals surface area contributed by atoms with Crippen molar-refractivity contribution in [1.82, 2.24) is 0 Å². The average molecular weight is 320 g/mol. The van der Waals surface area contributed by atoms with Crippen LogP contribution in [0.25, 0.3) is 0 Å². The molecule has 0 bridgehead atoms. The number of carbonyl (C=O) groups is 3. The highest BCUT2D eigenvalue weighted by atomic mass is 16.6. The first-order valence-corrected chi connectivity index (χ1v) is 7.12. The molecule has 0 heterocycles. The number of hydrogen-bond donors (Lipinski definition) is 0. The number of para-hydroxylation sites is 1. The Bertz CT molecular complexity index is 610. The summed E-state index contributed by atoms with van der Waals surface area (Å²) in [6.07, 6.45) is 1.89. The van der Waals surface area contributed by atoms with Crippen LogP contribution in [0.5, 0.6) is 5.75 Å². The third-order valence-corrected chi connectivity index (χ3v) is 2.36. The molecule has 6 nitrogen and oxygen atoms in total. The summed E-state index contributed by atoms with van der Waals surface area (Å²) in [6.45, 7) is 7.08. The fourth-order valence-corrected chi connectivity index (χ4v) is 1.53. The first-order chi connectivity index (χ1) is 10.7. The maximum Gasteiger partial charge on any atom is 0.342 e. The van der Waals surface area contributed by atoms with Gasteiger partial charge in [0.15, 0.2) is 0 Å². The zero-order valence-corrected chi connectivity index (χ0v) is 13.6. The third kappa shape index (κ3) is 6.78. The molecule has 0 aliphatic rings. The van der Waals surface area contributed by atoms with E-state index >= 15 is 0 Å². The predicted molar refractivity (Wildman–Crippen MR) is 83.0 cm³/mol. The fraction of sp³-hybridized carbons (Fsp3) is 0.353. The maximum absolute atomic E-state index is 12.1. The minimum absolute atomic E-state index is 0.0558. The molecule has 0 atom stereocenters. The van der Waals surface area contributed by atoms with Crippen LogP contribution in [0.15, 0.2) is 36.4 Å². The van der Waals surface area contributed by atoms with Crippen molar-refractivity contribution in [3.05, 3.63) is 42.0 Å². The Morgan fingerprint density at radius 1 is 1.04 bits per heavy atom. The third-order valence-electron chi connectivity index (χ3n) is 2.36. The summed E-state index contributed by atoms with van der Waals surface area (Å²) in [6, 6.07) is 6.21. The van der Waals surface area contributed by atoms with Crippen molar-refractivity contribution in [2.75, 3.05) is 6.61 Å². The fourth-order valence-electron chi connectivity index (χ4n) is 1.53. The molecule has 0 radical (unpaired) electrons. The van der Waals surface area contributed by atoms with Gasteiger partial charge in [-0.3, -0.25) is 0 Å². The molecule has 0 spiro atoms. The van der Waals surface area contributed by atoms with E-state index in [0.717, 1.165) is 12.2 Å². The van der Waals surface area contributed by atoms with Crippen molar-refractivity contribution < 1.29 is 28.6 Å². The standard InChI is InChI=1S/C17H20O6/c1-5-21-14(18)10-11-15(19)22-13-9-7-6-8-12(13)16(20)23-17(2,3)4/h6-11H,5H2,1-4H3/b11-10+. The van der Waals surface area contributed by atoms with Gasteiger partial charge in [-0.1, -0.05) is 12.1 Å². The van der Waals surface area contributed by atoms with E-state index in [2.05, 4.69) is 4.74 Å². The molecule has 0 aliphatic heterocycles. The van der Waals surface area contributed by atoms with Crippen LogP contribution in [0.2, 0.25) is 0 Å². The number of rotatable bonds is 5. The van der Waals surface area contributed by atoms with Crippen LogP contribution >= 0.6 is 0 Å². The Hall–Kier alpha value is -2.63. The van der Waals surface area contributed by atoms with Crippen LogP contribution in [-0.4, -0.2) is 30.1 Å². The summed E-state index contributed by atoms with van der Waals surface area (Å²) < 4.78 is 15.0. The quantitative estimate of drug-likeness (QED) is 0.471. The minimum atomic E-state index is -0.797. The van der Waals surface area contributed by atoms with Crippen molar-refractivity contribution in [2.45, 2.75) is 33.3 Å². The normalized spacial score (nSPS) is 11.1. The average Bonchev–Trinajstić information content (AvgIpc) is 2.44. The molecule has 0 fully saturated rings. The monoisotopic (exact) mass is 320 g/mol. The highest BCUT2D eigenvalue weighted by Gasteiger charge is 2.21. The molecule has 0 aliphatic carbocycles. The van der Waals surface area contributed by atoms with Gasteiger partial charge >= 0.3 is 17.9 Å². The number of ether oxygens (including phenoxy) is 3. The summed E-state index contributed by atoms with van der Waals surface area (Å²) in [5.41, 5.74) is -0.543. The zero-order valence-electron chi connectivity index (χ0n) is 13.6. The summed E-state index contributed by atoms with van der Waals surface area (Å²) in [4.78, 5) is 35.0. The molecule has 0 unspecified atom stereocenters. The minimum Gasteiger partial charge on any atom is -0.463 e. The smallest absolute Gasteiger partial charge is 0.342 e. The van der Waals surface area contributed by atoms with Gasteiger partial charge in [-0.25, -0.2) is 14.4 Å².